The quantitative estimate of drug-likeness (QED) is 0.641. The molecule has 0 fully saturated rings. The number of nitrogens with zero attached hydrogens (tertiary/aromatic N) is 1. The van der Waals surface area contributed by atoms with Crippen molar-refractivity contribution >= 4 is 33.2 Å². The number of sulfonamides is 1. The number of halogens is 2. The first-order chi connectivity index (χ1) is 12.7. The van der Waals surface area contributed by atoms with Crippen LogP contribution >= 0.6 is 23.2 Å². The van der Waals surface area contributed by atoms with E-state index in [1.54, 1.807) is 30.3 Å². The number of rotatable bonds is 9. The molecule has 0 bridgehead atoms. The van der Waals surface area contributed by atoms with Gasteiger partial charge in [0, 0.05) is 6.54 Å². The van der Waals surface area contributed by atoms with Gasteiger partial charge in [0.2, 0.25) is 10.0 Å². The predicted molar refractivity (Wildman–Crippen MR) is 110 cm³/mol. The van der Waals surface area contributed by atoms with E-state index < -0.39 is 16.1 Å². The lowest BCUT2D eigenvalue weighted by atomic mass is 10.1. The van der Waals surface area contributed by atoms with E-state index in [2.05, 4.69) is 4.72 Å². The van der Waals surface area contributed by atoms with Crippen molar-refractivity contribution in [2.24, 2.45) is 0 Å². The Kier molecular flexibility index (Phi) is 7.94. The zero-order chi connectivity index (χ0) is 20.0. The van der Waals surface area contributed by atoms with Gasteiger partial charge in [-0.15, -0.1) is 0 Å². The maximum atomic E-state index is 12.8. The van der Waals surface area contributed by atoms with Crippen LogP contribution in [0.3, 0.4) is 0 Å². The number of hydrogen-bond donors (Lipinski definition) is 1. The van der Waals surface area contributed by atoms with Crippen LogP contribution in [0.2, 0.25) is 10.0 Å². The average molecular weight is 431 g/mol. The second-order valence-electron chi connectivity index (χ2n) is 6.43. The van der Waals surface area contributed by atoms with Crippen LogP contribution < -0.4 is 9.46 Å². The molecule has 2 rings (SSSR count). The molecule has 27 heavy (non-hydrogen) atoms. The van der Waals surface area contributed by atoms with E-state index in [1.807, 2.05) is 25.9 Å². The third-order valence-corrected chi connectivity index (χ3v) is 6.02. The fourth-order valence-corrected chi connectivity index (χ4v) is 4.02. The standard InChI is InChI=1S/C19H24Cl2N2O3S/c1-4-11-26-15-6-8-16(9-7-15)27(24,25)22-19(13-23(2)3)14-5-10-17(20)18(21)12-14/h5-10,12,19,22H,4,11,13H2,1-3H3/t19-/m1/s1. The van der Waals surface area contributed by atoms with E-state index in [0.29, 0.717) is 28.9 Å². The first kappa shape index (κ1) is 22.0. The number of benzene rings is 2. The first-order valence-corrected chi connectivity index (χ1v) is 10.8. The Balaban J connectivity index is 2.25. The molecule has 0 saturated heterocycles. The minimum atomic E-state index is -3.72. The van der Waals surface area contributed by atoms with Gasteiger partial charge in [-0.2, -0.15) is 0 Å². The average Bonchev–Trinajstić information content (AvgIpc) is 2.61. The Morgan fingerprint density at radius 2 is 1.74 bits per heavy atom. The molecular weight excluding hydrogens is 407 g/mol. The third-order valence-electron chi connectivity index (χ3n) is 3.80. The molecule has 148 valence electrons. The molecule has 0 unspecified atom stereocenters. The monoisotopic (exact) mass is 430 g/mol. The summed E-state index contributed by atoms with van der Waals surface area (Å²) in [4.78, 5) is 2.08. The largest absolute Gasteiger partial charge is 0.494 e. The summed E-state index contributed by atoms with van der Waals surface area (Å²) in [5.41, 5.74) is 0.740. The van der Waals surface area contributed by atoms with E-state index in [4.69, 9.17) is 27.9 Å². The smallest absolute Gasteiger partial charge is 0.241 e. The van der Waals surface area contributed by atoms with Gasteiger partial charge in [0.1, 0.15) is 5.75 Å². The lowest BCUT2D eigenvalue weighted by Gasteiger charge is -2.23. The minimum absolute atomic E-state index is 0.176. The summed E-state index contributed by atoms with van der Waals surface area (Å²) in [5.74, 6) is 0.644. The predicted octanol–water partition coefficient (Wildman–Crippen LogP) is 4.36. The van der Waals surface area contributed by atoms with Crippen LogP contribution in [0.15, 0.2) is 47.4 Å². The lowest BCUT2D eigenvalue weighted by Crippen LogP contribution is -2.35. The molecule has 0 aromatic heterocycles. The van der Waals surface area contributed by atoms with Crippen LogP contribution in [0.25, 0.3) is 0 Å². The summed E-state index contributed by atoms with van der Waals surface area (Å²) in [5, 5.41) is 0.809. The van der Waals surface area contributed by atoms with Crippen molar-refractivity contribution < 1.29 is 13.2 Å². The molecule has 0 radical (unpaired) electrons. The van der Waals surface area contributed by atoms with Crippen molar-refractivity contribution in [1.82, 2.24) is 9.62 Å². The molecule has 0 saturated carbocycles. The van der Waals surface area contributed by atoms with Gasteiger partial charge in [-0.3, -0.25) is 0 Å². The Labute approximate surface area is 171 Å². The number of ether oxygens (including phenoxy) is 1. The van der Waals surface area contributed by atoms with Gasteiger partial charge in [-0.25, -0.2) is 13.1 Å². The fraction of sp³-hybridized carbons (Fsp3) is 0.368. The second-order valence-corrected chi connectivity index (χ2v) is 8.96. The maximum absolute atomic E-state index is 12.8. The molecule has 1 atom stereocenters. The molecule has 0 spiro atoms. The molecule has 0 aliphatic rings. The molecule has 5 nitrogen and oxygen atoms in total. The molecule has 2 aromatic rings. The second kappa shape index (κ2) is 9.75. The summed E-state index contributed by atoms with van der Waals surface area (Å²) < 4.78 is 33.9. The molecule has 0 aliphatic heterocycles. The van der Waals surface area contributed by atoms with Crippen LogP contribution in [-0.2, 0) is 10.0 Å². The fourth-order valence-electron chi connectivity index (χ4n) is 2.50. The summed E-state index contributed by atoms with van der Waals surface area (Å²) in [6, 6.07) is 11.0. The maximum Gasteiger partial charge on any atom is 0.241 e. The SMILES string of the molecule is CCCOc1ccc(S(=O)(=O)N[C@H](CN(C)C)c2ccc(Cl)c(Cl)c2)cc1. The Morgan fingerprint density at radius 3 is 2.30 bits per heavy atom. The van der Waals surface area contributed by atoms with Gasteiger partial charge in [-0.05, 0) is 62.5 Å². The van der Waals surface area contributed by atoms with Crippen molar-refractivity contribution in [1.29, 1.82) is 0 Å². The van der Waals surface area contributed by atoms with E-state index in [0.717, 1.165) is 12.0 Å². The zero-order valence-electron chi connectivity index (χ0n) is 15.6. The number of hydrogen-bond acceptors (Lipinski definition) is 4. The molecule has 0 amide bonds. The summed E-state index contributed by atoms with van der Waals surface area (Å²) in [7, 11) is 0.0256. The molecule has 0 aliphatic carbocycles. The lowest BCUT2D eigenvalue weighted by molar-refractivity contribution is 0.317. The van der Waals surface area contributed by atoms with Gasteiger partial charge in [-0.1, -0.05) is 36.2 Å². The normalized spacial score (nSPS) is 13.0. The summed E-state index contributed by atoms with van der Waals surface area (Å²) in [6.07, 6.45) is 0.886. The van der Waals surface area contributed by atoms with E-state index >= 15 is 0 Å². The van der Waals surface area contributed by atoms with Gasteiger partial charge < -0.3 is 9.64 Å². The highest BCUT2D eigenvalue weighted by Gasteiger charge is 2.22. The van der Waals surface area contributed by atoms with Crippen molar-refractivity contribution in [3.05, 3.63) is 58.1 Å². The van der Waals surface area contributed by atoms with Crippen molar-refractivity contribution in [3.63, 3.8) is 0 Å². The van der Waals surface area contributed by atoms with E-state index in [9.17, 15) is 8.42 Å². The van der Waals surface area contributed by atoms with Crippen molar-refractivity contribution in [2.45, 2.75) is 24.3 Å². The highest BCUT2D eigenvalue weighted by atomic mass is 35.5. The summed E-state index contributed by atoms with van der Waals surface area (Å²) in [6.45, 7) is 3.07. The Morgan fingerprint density at radius 1 is 1.07 bits per heavy atom. The van der Waals surface area contributed by atoms with Crippen LogP contribution in [0, 0.1) is 0 Å². The number of nitrogens with one attached hydrogen (secondary N) is 1. The molecule has 1 N–H and O–H groups in total. The van der Waals surface area contributed by atoms with E-state index in [1.165, 1.54) is 12.1 Å². The molecule has 2 aromatic carbocycles. The minimum Gasteiger partial charge on any atom is -0.494 e. The van der Waals surface area contributed by atoms with Gasteiger partial charge in [0.25, 0.3) is 0 Å². The van der Waals surface area contributed by atoms with E-state index in [-0.39, 0.29) is 4.90 Å². The Bertz CT molecular complexity index is 856. The highest BCUT2D eigenvalue weighted by Crippen LogP contribution is 2.27. The Hall–Kier alpha value is -1.31. The summed E-state index contributed by atoms with van der Waals surface area (Å²) >= 11 is 12.1. The van der Waals surface area contributed by atoms with Gasteiger partial charge >= 0.3 is 0 Å². The molecule has 8 heteroatoms. The molecule has 0 heterocycles. The van der Waals surface area contributed by atoms with Crippen molar-refractivity contribution in [2.75, 3.05) is 27.2 Å². The number of likely N-dealkylation sites (N-methyl/N-ethyl adjacent to an activating group) is 1. The first-order valence-electron chi connectivity index (χ1n) is 8.58. The third kappa shape index (κ3) is 6.36. The topological polar surface area (TPSA) is 58.6 Å². The van der Waals surface area contributed by atoms with Crippen LogP contribution in [0.1, 0.15) is 24.9 Å². The van der Waals surface area contributed by atoms with Crippen LogP contribution in [-0.4, -0.2) is 40.6 Å². The molecular formula is C19H24Cl2N2O3S. The van der Waals surface area contributed by atoms with Crippen molar-refractivity contribution in [3.8, 4) is 5.75 Å². The van der Waals surface area contributed by atoms with Crippen LogP contribution in [0.4, 0.5) is 0 Å². The van der Waals surface area contributed by atoms with Gasteiger partial charge in [0.15, 0.2) is 0 Å². The van der Waals surface area contributed by atoms with Gasteiger partial charge in [0.05, 0.1) is 27.6 Å². The zero-order valence-corrected chi connectivity index (χ0v) is 17.9. The highest BCUT2D eigenvalue weighted by molar-refractivity contribution is 7.89. The van der Waals surface area contributed by atoms with Crippen LogP contribution in [0.5, 0.6) is 5.75 Å².